The summed E-state index contributed by atoms with van der Waals surface area (Å²) in [4.78, 5) is 0. The summed E-state index contributed by atoms with van der Waals surface area (Å²) in [6.07, 6.45) is 2.06. The van der Waals surface area contributed by atoms with E-state index in [1.54, 1.807) is 0 Å². The Labute approximate surface area is 107 Å². The van der Waals surface area contributed by atoms with Crippen LogP contribution in [0.3, 0.4) is 0 Å². The molecule has 1 aromatic rings. The van der Waals surface area contributed by atoms with E-state index in [2.05, 4.69) is 24.7 Å². The zero-order valence-corrected chi connectivity index (χ0v) is 11.0. The molecule has 0 spiro atoms. The molecule has 68 valence electrons. The van der Waals surface area contributed by atoms with Crippen LogP contribution in [0.1, 0.15) is 6.92 Å². The molecule has 0 bridgehead atoms. The molecule has 0 saturated carbocycles. The molecule has 0 atom stereocenters. The number of hydrogen-bond acceptors (Lipinski definition) is 1. The van der Waals surface area contributed by atoms with Crippen molar-refractivity contribution in [3.63, 3.8) is 0 Å². The average molecular weight is 251 g/mol. The molecule has 0 aliphatic rings. The summed E-state index contributed by atoms with van der Waals surface area (Å²) in [5.41, 5.74) is 0. The van der Waals surface area contributed by atoms with Crippen molar-refractivity contribution < 1.29 is 32.7 Å². The predicted molar refractivity (Wildman–Crippen MR) is 53.5 cm³/mol. The smallest absolute Gasteiger partial charge is 0.376 e. The van der Waals surface area contributed by atoms with Crippen LogP contribution in [-0.4, -0.2) is 13.1 Å². The maximum atomic E-state index is 3.59. The third kappa shape index (κ3) is 15.1. The van der Waals surface area contributed by atoms with Crippen LogP contribution in [0.4, 0.5) is 0 Å². The van der Waals surface area contributed by atoms with Gasteiger partial charge in [0.15, 0.2) is 0 Å². The van der Waals surface area contributed by atoms with Crippen molar-refractivity contribution in [1.29, 1.82) is 0 Å². The number of nitrogens with one attached hydrogen (secondary N) is 1. The van der Waals surface area contributed by atoms with Crippen LogP contribution in [0.5, 0.6) is 0 Å². The minimum Gasteiger partial charge on any atom is -0.376 e. The Hall–Kier alpha value is 0.284. The van der Waals surface area contributed by atoms with E-state index in [1.807, 2.05) is 37.3 Å². The zero-order chi connectivity index (χ0) is 9.07. The molecule has 0 unspecified atom stereocenters. The van der Waals surface area contributed by atoms with Crippen molar-refractivity contribution in [3.8, 4) is 0 Å². The van der Waals surface area contributed by atoms with E-state index in [4.69, 9.17) is 0 Å². The third-order valence-corrected chi connectivity index (χ3v) is 1.13. The van der Waals surface area contributed by atoms with Crippen LogP contribution in [0, 0.1) is 19.4 Å². The van der Waals surface area contributed by atoms with E-state index >= 15 is 0 Å². The predicted octanol–water partition coefficient (Wildman–Crippen LogP) is 2.12. The van der Waals surface area contributed by atoms with E-state index in [9.17, 15) is 0 Å². The second-order valence-corrected chi connectivity index (χ2v) is 2.19. The monoisotopic (exact) mass is 251 g/mol. The summed E-state index contributed by atoms with van der Waals surface area (Å²) in [6, 6.07) is 12.5. The van der Waals surface area contributed by atoms with Crippen LogP contribution in [0.2, 0.25) is 0 Å². The summed E-state index contributed by atoms with van der Waals surface area (Å²) in [5.74, 6) is 0. The van der Waals surface area contributed by atoms with E-state index < -0.39 is 0 Å². The molecule has 0 aliphatic heterocycles. The first-order valence-corrected chi connectivity index (χ1v) is 4.10. The van der Waals surface area contributed by atoms with E-state index in [-0.39, 0.29) is 32.7 Å². The van der Waals surface area contributed by atoms with Gasteiger partial charge in [-0.15, -0.1) is 13.1 Å². The van der Waals surface area contributed by atoms with Gasteiger partial charge in [-0.2, -0.15) is 43.3 Å². The van der Waals surface area contributed by atoms with Crippen molar-refractivity contribution in [2.24, 2.45) is 0 Å². The molecule has 0 aliphatic carbocycles. The maximum absolute atomic E-state index is 3.59. The van der Waals surface area contributed by atoms with Crippen molar-refractivity contribution in [2.45, 2.75) is 6.92 Å². The van der Waals surface area contributed by atoms with Crippen LogP contribution in [0.15, 0.2) is 30.3 Å². The molecule has 1 aromatic carbocycles. The van der Waals surface area contributed by atoms with Gasteiger partial charge in [0.2, 0.25) is 0 Å². The van der Waals surface area contributed by atoms with Crippen molar-refractivity contribution in [3.05, 3.63) is 49.7 Å². The van der Waals surface area contributed by atoms with Gasteiger partial charge in [0.1, 0.15) is 0 Å². The summed E-state index contributed by atoms with van der Waals surface area (Å²) >= 11 is 0. The van der Waals surface area contributed by atoms with E-state index in [1.165, 1.54) is 0 Å². The summed E-state index contributed by atoms with van der Waals surface area (Å²) in [6.45, 7) is 7.41. The van der Waals surface area contributed by atoms with Crippen LogP contribution < -0.4 is 5.32 Å². The van der Waals surface area contributed by atoms with Crippen molar-refractivity contribution in [1.82, 2.24) is 5.32 Å². The first kappa shape index (κ1) is 15.7. The van der Waals surface area contributed by atoms with Crippen LogP contribution in [0.25, 0.3) is 0 Å². The fourth-order valence-electron chi connectivity index (χ4n) is 0.588. The van der Waals surface area contributed by atoms with Crippen molar-refractivity contribution in [2.75, 3.05) is 13.1 Å². The van der Waals surface area contributed by atoms with Crippen molar-refractivity contribution >= 4 is 0 Å². The van der Waals surface area contributed by atoms with Crippen LogP contribution in [-0.2, 0) is 32.7 Å². The second-order valence-electron chi connectivity index (χ2n) is 2.19. The largest absolute Gasteiger partial charge is 3.00 e. The minimum atomic E-state index is 0. The Kier molecular flexibility index (Phi) is 17.9. The standard InChI is InChI=1S/C6H5.C5H11N.Y/c1-2-4-6-5-3-1;1-3-5-6-4-2;/h1-5H;3,6H,2,4-5H2,1H3;/q-1;-2;+3. The van der Waals surface area contributed by atoms with Gasteiger partial charge in [-0.05, 0) is 0 Å². The van der Waals surface area contributed by atoms with Crippen LogP contribution >= 0.6 is 0 Å². The molecule has 0 saturated heterocycles. The Morgan fingerprint density at radius 3 is 2.08 bits per heavy atom. The maximum Gasteiger partial charge on any atom is 3.00 e. The molecule has 1 rings (SSSR count). The van der Waals surface area contributed by atoms with Gasteiger partial charge in [0.05, 0.1) is 0 Å². The summed E-state index contributed by atoms with van der Waals surface area (Å²) in [7, 11) is 0. The van der Waals surface area contributed by atoms with Gasteiger partial charge in [-0.25, -0.2) is 0 Å². The number of hydrogen-bond donors (Lipinski definition) is 1. The molecule has 0 heterocycles. The minimum absolute atomic E-state index is 0. The number of rotatable bonds is 3. The van der Waals surface area contributed by atoms with Gasteiger partial charge in [0.25, 0.3) is 0 Å². The van der Waals surface area contributed by atoms with E-state index in [0.29, 0.717) is 0 Å². The molecule has 0 amide bonds. The van der Waals surface area contributed by atoms with E-state index in [0.717, 1.165) is 13.1 Å². The zero-order valence-electron chi connectivity index (χ0n) is 8.16. The molecule has 1 nitrogen and oxygen atoms in total. The molecular weight excluding hydrogens is 235 g/mol. The summed E-state index contributed by atoms with van der Waals surface area (Å²) in [5, 5.41) is 3.03. The molecule has 1 N–H and O–H groups in total. The summed E-state index contributed by atoms with van der Waals surface area (Å²) < 4.78 is 0. The SMILES string of the molecule is [CH2-]CNC[CH-]C.[Y+3].[c-]1ccccc1. The van der Waals surface area contributed by atoms with Gasteiger partial charge < -0.3 is 18.7 Å². The molecule has 2 heteroatoms. The molecule has 0 fully saturated rings. The Morgan fingerprint density at radius 1 is 1.31 bits per heavy atom. The number of benzene rings is 1. The molecule has 0 radical (unpaired) electrons. The molecule has 13 heavy (non-hydrogen) atoms. The third-order valence-electron chi connectivity index (χ3n) is 1.13. The fraction of sp³-hybridized carbons (Fsp3) is 0.273. The average Bonchev–Trinajstić information content (AvgIpc) is 2.18. The fourth-order valence-corrected chi connectivity index (χ4v) is 0.588. The quantitative estimate of drug-likeness (QED) is 0.641. The normalized spacial score (nSPS) is 7.85. The Balaban J connectivity index is 0. The first-order valence-electron chi connectivity index (χ1n) is 4.10. The van der Waals surface area contributed by atoms with Gasteiger partial charge in [-0.3, -0.25) is 0 Å². The van der Waals surface area contributed by atoms with Gasteiger partial charge >= 0.3 is 32.7 Å². The molecule has 0 aromatic heterocycles. The van der Waals surface area contributed by atoms with Gasteiger partial charge in [0, 0.05) is 0 Å². The topological polar surface area (TPSA) is 12.0 Å². The van der Waals surface area contributed by atoms with Gasteiger partial charge in [-0.1, -0.05) is 0 Å². The Bertz CT molecular complexity index is 123. The second kappa shape index (κ2) is 14.8. The first-order chi connectivity index (χ1) is 5.91. The molecular formula is C11H16NY. The Morgan fingerprint density at radius 2 is 1.92 bits per heavy atom.